The van der Waals surface area contributed by atoms with Gasteiger partial charge in [-0.1, -0.05) is 19.7 Å². The first-order chi connectivity index (χ1) is 11.2. The summed E-state index contributed by atoms with van der Waals surface area (Å²) in [5, 5.41) is 8.30. The van der Waals surface area contributed by atoms with Crippen LogP contribution in [0.25, 0.3) is 0 Å². The molecule has 7 heteroatoms. The van der Waals surface area contributed by atoms with Crippen LogP contribution < -0.4 is 0 Å². The van der Waals surface area contributed by atoms with Crippen molar-refractivity contribution in [2.75, 3.05) is 26.9 Å². The van der Waals surface area contributed by atoms with Crippen molar-refractivity contribution in [2.24, 2.45) is 0 Å². The molecule has 0 radical (unpaired) electrons. The zero-order chi connectivity index (χ0) is 19.5. The second-order valence-electron chi connectivity index (χ2n) is 4.22. The molecule has 0 rings (SSSR count). The summed E-state index contributed by atoms with van der Waals surface area (Å²) < 4.78 is 13.4. The molecule has 0 fully saturated rings. The van der Waals surface area contributed by atoms with Gasteiger partial charge in [0.2, 0.25) is 0 Å². The van der Waals surface area contributed by atoms with E-state index >= 15 is 0 Å². The summed E-state index contributed by atoms with van der Waals surface area (Å²) in [4.78, 5) is 30.9. The number of carbonyl (C=O) groups is 3. The molecule has 0 aliphatic rings. The van der Waals surface area contributed by atoms with Crippen molar-refractivity contribution in [1.29, 1.82) is 0 Å². The average Bonchev–Trinajstić information content (AvgIpc) is 2.55. The van der Waals surface area contributed by atoms with Gasteiger partial charge in [0.1, 0.15) is 0 Å². The van der Waals surface area contributed by atoms with Crippen LogP contribution in [0.4, 0.5) is 0 Å². The summed E-state index contributed by atoms with van der Waals surface area (Å²) in [5.41, 5.74) is 0.820. The summed E-state index contributed by atoms with van der Waals surface area (Å²) in [5.74, 6) is -1.10. The molecule has 24 heavy (non-hydrogen) atoms. The quantitative estimate of drug-likeness (QED) is 0.326. The molecular formula is C17H28O7. The third-order valence-corrected chi connectivity index (χ3v) is 1.87. The SMILES string of the molecule is C=C(C)C(=O)OC.C=C(C)C(=O)OCCCO.C=CC(=O)OCC. The standard InChI is InChI=1S/C7H12O3.2C5H8O2/c1-6(2)7(9)10-5-3-4-8;1-4(2)5(6)7-3;1-3-5(6)7-4-2/h8H,1,3-5H2,2H3;1H2,2-3H3;3H,1,4H2,2H3. The van der Waals surface area contributed by atoms with Crippen LogP contribution >= 0.6 is 0 Å². The smallest absolute Gasteiger partial charge is 0.333 e. The molecule has 1 N–H and O–H groups in total. The van der Waals surface area contributed by atoms with E-state index < -0.39 is 5.97 Å². The molecule has 0 unspecified atom stereocenters. The van der Waals surface area contributed by atoms with E-state index in [4.69, 9.17) is 5.11 Å². The van der Waals surface area contributed by atoms with E-state index in [-0.39, 0.29) is 25.2 Å². The van der Waals surface area contributed by atoms with Gasteiger partial charge in [-0.3, -0.25) is 0 Å². The number of hydrogen-bond acceptors (Lipinski definition) is 7. The molecule has 0 aromatic heterocycles. The molecule has 0 aromatic rings. The molecule has 0 atom stereocenters. The second kappa shape index (κ2) is 18.6. The molecule has 0 saturated carbocycles. The summed E-state index contributed by atoms with van der Waals surface area (Å²) in [6, 6.07) is 0. The fraction of sp³-hybridized carbons (Fsp3) is 0.471. The molecule has 0 aliphatic heterocycles. The summed E-state index contributed by atoms with van der Waals surface area (Å²) in [7, 11) is 1.33. The van der Waals surface area contributed by atoms with Crippen molar-refractivity contribution in [3.05, 3.63) is 37.0 Å². The van der Waals surface area contributed by atoms with E-state index in [1.165, 1.54) is 7.11 Å². The topological polar surface area (TPSA) is 99.1 Å². The summed E-state index contributed by atoms with van der Waals surface area (Å²) >= 11 is 0. The van der Waals surface area contributed by atoms with E-state index in [1.807, 2.05) is 0 Å². The molecule has 0 amide bonds. The van der Waals surface area contributed by atoms with Crippen molar-refractivity contribution in [3.8, 4) is 0 Å². The molecule has 0 heterocycles. The molecule has 7 nitrogen and oxygen atoms in total. The van der Waals surface area contributed by atoms with Crippen LogP contribution in [-0.2, 0) is 28.6 Å². The monoisotopic (exact) mass is 344 g/mol. The molecular weight excluding hydrogens is 316 g/mol. The highest BCUT2D eigenvalue weighted by molar-refractivity contribution is 5.87. The van der Waals surface area contributed by atoms with Crippen LogP contribution in [0.2, 0.25) is 0 Å². The maximum absolute atomic E-state index is 10.6. The van der Waals surface area contributed by atoms with Crippen molar-refractivity contribution >= 4 is 17.9 Å². The third-order valence-electron chi connectivity index (χ3n) is 1.87. The van der Waals surface area contributed by atoms with Crippen molar-refractivity contribution in [1.82, 2.24) is 0 Å². The highest BCUT2D eigenvalue weighted by Gasteiger charge is 2.00. The van der Waals surface area contributed by atoms with Gasteiger partial charge in [0.25, 0.3) is 0 Å². The van der Waals surface area contributed by atoms with Gasteiger partial charge >= 0.3 is 17.9 Å². The van der Waals surface area contributed by atoms with E-state index in [9.17, 15) is 14.4 Å². The van der Waals surface area contributed by atoms with E-state index in [2.05, 4.69) is 33.9 Å². The number of methoxy groups -OCH3 is 1. The number of rotatable bonds is 7. The highest BCUT2D eigenvalue weighted by atomic mass is 16.5. The lowest BCUT2D eigenvalue weighted by molar-refractivity contribution is -0.139. The van der Waals surface area contributed by atoms with Crippen molar-refractivity contribution in [3.63, 3.8) is 0 Å². The van der Waals surface area contributed by atoms with Crippen LogP contribution in [0.3, 0.4) is 0 Å². The zero-order valence-corrected chi connectivity index (χ0v) is 14.9. The van der Waals surface area contributed by atoms with E-state index in [0.717, 1.165) is 6.08 Å². The zero-order valence-electron chi connectivity index (χ0n) is 14.9. The fourth-order valence-corrected chi connectivity index (χ4v) is 0.728. The van der Waals surface area contributed by atoms with Crippen LogP contribution in [0.5, 0.6) is 0 Å². The molecule has 0 saturated heterocycles. The van der Waals surface area contributed by atoms with Crippen LogP contribution in [0.15, 0.2) is 37.0 Å². The maximum Gasteiger partial charge on any atom is 0.333 e. The van der Waals surface area contributed by atoms with Gasteiger partial charge in [0, 0.05) is 30.2 Å². The number of esters is 3. The number of ether oxygens (including phenoxy) is 3. The minimum Gasteiger partial charge on any atom is -0.466 e. The van der Waals surface area contributed by atoms with Crippen LogP contribution in [-0.4, -0.2) is 49.9 Å². The Bertz CT molecular complexity index is 423. The Hall–Kier alpha value is -2.41. The molecule has 0 aliphatic carbocycles. The maximum atomic E-state index is 10.6. The van der Waals surface area contributed by atoms with E-state index in [0.29, 0.717) is 24.2 Å². The average molecular weight is 344 g/mol. The van der Waals surface area contributed by atoms with Gasteiger partial charge in [-0.05, 0) is 20.8 Å². The third kappa shape index (κ3) is 21.9. The van der Waals surface area contributed by atoms with Gasteiger partial charge in [-0.15, -0.1) is 0 Å². The lowest BCUT2D eigenvalue weighted by Gasteiger charge is -2.00. The predicted octanol–water partition coefficient (Wildman–Crippen LogP) is 1.96. The Balaban J connectivity index is -0.000000283. The van der Waals surface area contributed by atoms with Crippen molar-refractivity contribution < 1.29 is 33.7 Å². The Kier molecular flexibility index (Phi) is 20.6. The first kappa shape index (κ1) is 26.5. The summed E-state index contributed by atoms with van der Waals surface area (Å²) in [6.07, 6.45) is 1.63. The Morgan fingerprint density at radius 1 is 1.04 bits per heavy atom. The minimum atomic E-state index is -0.395. The van der Waals surface area contributed by atoms with Gasteiger partial charge in [0.05, 0.1) is 20.3 Å². The van der Waals surface area contributed by atoms with Gasteiger partial charge in [-0.25, -0.2) is 14.4 Å². The summed E-state index contributed by atoms with van der Waals surface area (Å²) in [6.45, 7) is 15.6. The molecule has 0 bridgehead atoms. The molecule has 0 spiro atoms. The Morgan fingerprint density at radius 2 is 1.54 bits per heavy atom. The first-order valence-corrected chi connectivity index (χ1v) is 7.14. The lowest BCUT2D eigenvalue weighted by atomic mass is 10.4. The van der Waals surface area contributed by atoms with Gasteiger partial charge in [0.15, 0.2) is 0 Å². The van der Waals surface area contributed by atoms with Crippen molar-refractivity contribution in [2.45, 2.75) is 27.2 Å². The van der Waals surface area contributed by atoms with Gasteiger partial charge < -0.3 is 19.3 Å². The number of aliphatic hydroxyl groups excluding tert-OH is 1. The number of hydrogen-bond donors (Lipinski definition) is 1. The minimum absolute atomic E-state index is 0.0451. The first-order valence-electron chi connectivity index (χ1n) is 7.14. The fourth-order valence-electron chi connectivity index (χ4n) is 0.728. The van der Waals surface area contributed by atoms with Crippen LogP contribution in [0.1, 0.15) is 27.2 Å². The highest BCUT2D eigenvalue weighted by Crippen LogP contribution is 1.92. The lowest BCUT2D eigenvalue weighted by Crippen LogP contribution is -2.06. The predicted molar refractivity (Wildman–Crippen MR) is 91.1 cm³/mol. The Morgan fingerprint density at radius 3 is 1.75 bits per heavy atom. The van der Waals surface area contributed by atoms with Crippen LogP contribution in [0, 0.1) is 0 Å². The normalized spacial score (nSPS) is 8.21. The second-order valence-corrected chi connectivity index (χ2v) is 4.22. The Labute approximate surface area is 143 Å². The largest absolute Gasteiger partial charge is 0.466 e. The van der Waals surface area contributed by atoms with Gasteiger partial charge in [-0.2, -0.15) is 0 Å². The number of aliphatic hydroxyl groups is 1. The van der Waals surface area contributed by atoms with E-state index in [1.54, 1.807) is 20.8 Å². The molecule has 0 aromatic carbocycles. The molecule has 138 valence electrons. The number of carbonyl (C=O) groups excluding carboxylic acids is 3.